The third kappa shape index (κ3) is 5.08. The van der Waals surface area contributed by atoms with Crippen LogP contribution in [0.5, 0.6) is 11.5 Å². The van der Waals surface area contributed by atoms with Crippen LogP contribution in [0.2, 0.25) is 0 Å². The Kier molecular flexibility index (Phi) is 6.10. The highest BCUT2D eigenvalue weighted by Crippen LogP contribution is 2.32. The number of halogens is 1. The topological polar surface area (TPSA) is 76.8 Å². The maximum atomic E-state index is 9.46. The maximum absolute atomic E-state index is 9.46. The lowest BCUT2D eigenvalue weighted by molar-refractivity contribution is -0.115. The number of carbonyl (C=O) groups excluding carboxylic acids is 1. The van der Waals surface area contributed by atoms with Gasteiger partial charge in [-0.25, -0.2) is 0 Å². The minimum atomic E-state index is -0.480. The molecule has 0 saturated carbocycles. The van der Waals surface area contributed by atoms with Crippen molar-refractivity contribution in [3.8, 4) is 11.5 Å². The van der Waals surface area contributed by atoms with Gasteiger partial charge in [0, 0.05) is 32.7 Å². The van der Waals surface area contributed by atoms with E-state index >= 15 is 0 Å². The summed E-state index contributed by atoms with van der Waals surface area (Å²) in [5.41, 5.74) is 5.82. The van der Waals surface area contributed by atoms with Crippen LogP contribution in [0, 0.1) is 0 Å². The molecule has 1 saturated heterocycles. The number of hydrogen-bond donors (Lipinski definition) is 2. The zero-order valence-corrected chi connectivity index (χ0v) is 12.6. The van der Waals surface area contributed by atoms with Crippen molar-refractivity contribution >= 4 is 17.5 Å². The molecule has 0 atom stereocenters. The number of nitrogens with two attached hydrogens (primary N) is 1. The number of hydrogen-bond acceptors (Lipinski definition) is 5. The van der Waals surface area contributed by atoms with E-state index in [9.17, 15) is 4.79 Å². The van der Waals surface area contributed by atoms with Gasteiger partial charge in [-0.05, 0) is 17.7 Å². The van der Waals surface area contributed by atoms with Gasteiger partial charge in [0.05, 0.1) is 0 Å². The predicted molar refractivity (Wildman–Crippen MR) is 80.6 cm³/mol. The average Bonchev–Trinajstić information content (AvgIpc) is 2.96. The van der Waals surface area contributed by atoms with Gasteiger partial charge < -0.3 is 20.5 Å². The molecule has 1 amide bonds. The summed E-state index contributed by atoms with van der Waals surface area (Å²) < 4.78 is 10.7. The molecule has 7 heteroatoms. The van der Waals surface area contributed by atoms with E-state index in [0.717, 1.165) is 44.2 Å². The summed E-state index contributed by atoms with van der Waals surface area (Å²) >= 11 is 4.86. The van der Waals surface area contributed by atoms with Crippen LogP contribution in [0.15, 0.2) is 18.2 Å². The summed E-state index contributed by atoms with van der Waals surface area (Å²) in [5, 5.41) is 3.36. The summed E-state index contributed by atoms with van der Waals surface area (Å²) in [6, 6.07) is 6.21. The Bertz CT molecular complexity index is 479. The average molecular weight is 314 g/mol. The van der Waals surface area contributed by atoms with E-state index in [-0.39, 0.29) is 5.88 Å². The first kappa shape index (κ1) is 15.9. The highest BCUT2D eigenvalue weighted by Gasteiger charge is 2.15. The summed E-state index contributed by atoms with van der Waals surface area (Å²) in [4.78, 5) is 11.9. The molecule has 21 heavy (non-hydrogen) atoms. The van der Waals surface area contributed by atoms with Crippen LogP contribution in [0.4, 0.5) is 0 Å². The van der Waals surface area contributed by atoms with Gasteiger partial charge in [-0.15, -0.1) is 11.6 Å². The number of primary amides is 1. The lowest BCUT2D eigenvalue weighted by Crippen LogP contribution is -2.42. The van der Waals surface area contributed by atoms with Crippen LogP contribution in [0.3, 0.4) is 0 Å². The van der Waals surface area contributed by atoms with E-state index in [0.29, 0.717) is 6.79 Å². The normalized spacial score (nSPS) is 17.0. The van der Waals surface area contributed by atoms with Crippen LogP contribution in [-0.4, -0.2) is 49.7 Å². The van der Waals surface area contributed by atoms with Gasteiger partial charge in [0.2, 0.25) is 12.7 Å². The molecule has 0 bridgehead atoms. The smallest absolute Gasteiger partial charge is 0.232 e. The molecule has 1 aromatic rings. The second-order valence-electron chi connectivity index (χ2n) is 4.81. The van der Waals surface area contributed by atoms with Crippen molar-refractivity contribution in [2.45, 2.75) is 6.54 Å². The Morgan fingerprint density at radius 2 is 1.95 bits per heavy atom. The number of fused-ring (bicyclic) bond motifs is 1. The van der Waals surface area contributed by atoms with Crippen molar-refractivity contribution in [3.05, 3.63) is 23.8 Å². The van der Waals surface area contributed by atoms with E-state index in [4.69, 9.17) is 21.1 Å². The first-order valence-electron chi connectivity index (χ1n) is 6.85. The van der Waals surface area contributed by atoms with Gasteiger partial charge >= 0.3 is 0 Å². The third-order valence-corrected chi connectivity index (χ3v) is 3.45. The van der Waals surface area contributed by atoms with Crippen molar-refractivity contribution in [2.75, 3.05) is 38.9 Å². The van der Waals surface area contributed by atoms with Crippen LogP contribution >= 0.6 is 11.6 Å². The van der Waals surface area contributed by atoms with E-state index < -0.39 is 5.91 Å². The Balaban J connectivity index is 0.000000282. The Hall–Kier alpha value is -1.50. The lowest BCUT2D eigenvalue weighted by atomic mass is 10.2. The second-order valence-corrected chi connectivity index (χ2v) is 5.08. The number of nitrogens with one attached hydrogen (secondary N) is 1. The van der Waals surface area contributed by atoms with Gasteiger partial charge in [0.25, 0.3) is 0 Å². The fraction of sp³-hybridized carbons (Fsp3) is 0.500. The molecule has 0 radical (unpaired) electrons. The molecule has 116 valence electrons. The minimum absolute atomic E-state index is 0.0833. The number of amides is 1. The van der Waals surface area contributed by atoms with Crippen molar-refractivity contribution < 1.29 is 14.3 Å². The summed E-state index contributed by atoms with van der Waals surface area (Å²) in [6.45, 7) is 5.77. The van der Waals surface area contributed by atoms with Gasteiger partial charge in [0.1, 0.15) is 5.88 Å². The quantitative estimate of drug-likeness (QED) is 0.796. The lowest BCUT2D eigenvalue weighted by Gasteiger charge is -2.27. The van der Waals surface area contributed by atoms with Crippen molar-refractivity contribution in [1.82, 2.24) is 10.2 Å². The molecule has 6 nitrogen and oxygen atoms in total. The monoisotopic (exact) mass is 313 g/mol. The molecular formula is C14H20ClN3O3. The molecule has 0 spiro atoms. The molecular weight excluding hydrogens is 294 g/mol. The number of rotatable bonds is 3. The Morgan fingerprint density at radius 3 is 2.62 bits per heavy atom. The van der Waals surface area contributed by atoms with E-state index in [2.05, 4.69) is 28.1 Å². The summed E-state index contributed by atoms with van der Waals surface area (Å²) in [5.74, 6) is 1.18. The van der Waals surface area contributed by atoms with Crippen molar-refractivity contribution in [3.63, 3.8) is 0 Å². The number of alkyl halides is 1. The first-order valence-corrected chi connectivity index (χ1v) is 7.38. The van der Waals surface area contributed by atoms with E-state index in [1.165, 1.54) is 5.56 Å². The van der Waals surface area contributed by atoms with Crippen LogP contribution in [-0.2, 0) is 11.3 Å². The molecule has 2 heterocycles. The first-order chi connectivity index (χ1) is 10.2. The Morgan fingerprint density at radius 1 is 1.29 bits per heavy atom. The molecule has 0 unspecified atom stereocenters. The number of nitrogens with zero attached hydrogens (tertiary/aromatic N) is 1. The minimum Gasteiger partial charge on any atom is -0.454 e. The van der Waals surface area contributed by atoms with Crippen molar-refractivity contribution in [1.29, 1.82) is 0 Å². The number of piperazine rings is 1. The van der Waals surface area contributed by atoms with E-state index in [1.807, 2.05) is 6.07 Å². The molecule has 0 aromatic heterocycles. The van der Waals surface area contributed by atoms with Gasteiger partial charge in [0.15, 0.2) is 11.5 Å². The SMILES string of the molecule is NC(=O)CCl.c1cc2c(cc1CN1CCNCC1)OCO2. The second kappa shape index (κ2) is 8.07. The number of ether oxygens (including phenoxy) is 2. The molecule has 3 N–H and O–H groups in total. The highest BCUT2D eigenvalue weighted by molar-refractivity contribution is 6.27. The highest BCUT2D eigenvalue weighted by atomic mass is 35.5. The van der Waals surface area contributed by atoms with Crippen LogP contribution < -0.4 is 20.5 Å². The standard InChI is InChI=1S/C12H16N2O2.C2H4ClNO/c1-2-11-12(16-9-15-11)7-10(1)8-14-5-3-13-4-6-14;3-1-2(4)5/h1-2,7,13H,3-6,8-9H2;1H2,(H2,4,5). The maximum Gasteiger partial charge on any atom is 0.232 e. The predicted octanol–water partition coefficient (Wildman–Crippen LogP) is 0.531. The zero-order valence-electron chi connectivity index (χ0n) is 11.8. The van der Waals surface area contributed by atoms with Crippen LogP contribution in [0.1, 0.15) is 5.56 Å². The van der Waals surface area contributed by atoms with Crippen molar-refractivity contribution in [2.24, 2.45) is 5.73 Å². The largest absolute Gasteiger partial charge is 0.454 e. The molecule has 1 aromatic carbocycles. The number of carbonyl (C=O) groups is 1. The molecule has 2 aliphatic heterocycles. The summed E-state index contributed by atoms with van der Waals surface area (Å²) in [6.07, 6.45) is 0. The number of benzene rings is 1. The third-order valence-electron chi connectivity index (χ3n) is 3.18. The van der Waals surface area contributed by atoms with Crippen LogP contribution in [0.25, 0.3) is 0 Å². The fourth-order valence-electron chi connectivity index (χ4n) is 2.17. The summed E-state index contributed by atoms with van der Waals surface area (Å²) in [7, 11) is 0. The Labute approximate surface area is 129 Å². The molecule has 0 aliphatic carbocycles. The van der Waals surface area contributed by atoms with E-state index in [1.54, 1.807) is 0 Å². The zero-order chi connectivity index (χ0) is 15.1. The fourth-order valence-corrected chi connectivity index (χ4v) is 2.17. The molecule has 3 rings (SSSR count). The van der Waals surface area contributed by atoms with Gasteiger partial charge in [-0.1, -0.05) is 6.07 Å². The van der Waals surface area contributed by atoms with Gasteiger partial charge in [-0.2, -0.15) is 0 Å². The van der Waals surface area contributed by atoms with Gasteiger partial charge in [-0.3, -0.25) is 9.69 Å². The molecule has 1 fully saturated rings. The molecule has 2 aliphatic rings.